The minimum atomic E-state index is -4.34. The molecule has 0 saturated heterocycles. The van der Waals surface area contributed by atoms with Crippen LogP contribution in [0.5, 0.6) is 0 Å². The fourth-order valence-electron chi connectivity index (χ4n) is 0.855. The number of anilines is 1. The zero-order chi connectivity index (χ0) is 12.0. The highest BCUT2D eigenvalue weighted by molar-refractivity contribution is 9.14. The Morgan fingerprint density at radius 1 is 0.933 bits per heavy atom. The van der Waals surface area contributed by atoms with Crippen LogP contribution in [-0.2, 0) is 10.1 Å². The number of rotatable bonds is 1. The molecule has 3 N–H and O–H groups in total. The minimum absolute atomic E-state index is 0.164. The number of benzene rings is 1. The van der Waals surface area contributed by atoms with Crippen molar-refractivity contribution in [1.82, 2.24) is 0 Å². The first-order valence-corrected chi connectivity index (χ1v) is 7.88. The van der Waals surface area contributed by atoms with Crippen LogP contribution in [-0.4, -0.2) is 13.0 Å². The van der Waals surface area contributed by atoms with Crippen molar-refractivity contribution in [2.75, 3.05) is 5.73 Å². The second-order valence-corrected chi connectivity index (χ2v) is 7.00. The first-order chi connectivity index (χ1) is 6.68. The van der Waals surface area contributed by atoms with Gasteiger partial charge < -0.3 is 5.73 Å². The summed E-state index contributed by atoms with van der Waals surface area (Å²) in [5, 5.41) is 0. The number of hydrogen-bond acceptors (Lipinski definition) is 3. The van der Waals surface area contributed by atoms with Gasteiger partial charge in [0, 0.05) is 0 Å². The summed E-state index contributed by atoms with van der Waals surface area (Å²) in [4.78, 5) is -0.282. The molecule has 0 unspecified atom stereocenters. The highest BCUT2D eigenvalue weighted by atomic mass is 79.9. The minimum Gasteiger partial charge on any atom is -0.397 e. The van der Waals surface area contributed by atoms with E-state index in [9.17, 15) is 8.42 Å². The Morgan fingerprint density at radius 3 is 1.53 bits per heavy atom. The molecule has 0 spiro atoms. The Morgan fingerprint density at radius 2 is 1.27 bits per heavy atom. The first kappa shape index (κ1) is 13.9. The van der Waals surface area contributed by atoms with E-state index in [1.54, 1.807) is 0 Å². The van der Waals surface area contributed by atoms with Crippen molar-refractivity contribution < 1.29 is 13.0 Å². The lowest BCUT2D eigenvalue weighted by Crippen LogP contribution is -2.04. The zero-order valence-electron chi connectivity index (χ0n) is 6.76. The lowest BCUT2D eigenvalue weighted by Gasteiger charge is -2.11. The van der Waals surface area contributed by atoms with Gasteiger partial charge in [-0.3, -0.25) is 4.55 Å². The van der Waals surface area contributed by atoms with E-state index in [4.69, 9.17) is 10.3 Å². The second kappa shape index (κ2) is 4.61. The third kappa shape index (κ3) is 2.58. The molecule has 1 rings (SSSR count). The molecule has 0 aliphatic heterocycles. The van der Waals surface area contributed by atoms with Crippen LogP contribution in [0, 0.1) is 0 Å². The maximum absolute atomic E-state index is 11.1. The number of hydrogen-bond donors (Lipinski definition) is 2. The van der Waals surface area contributed by atoms with Crippen LogP contribution in [0.1, 0.15) is 0 Å². The summed E-state index contributed by atoms with van der Waals surface area (Å²) < 4.78 is 32.3. The molecule has 1 aromatic rings. The summed E-state index contributed by atoms with van der Waals surface area (Å²) in [5.74, 6) is 0. The number of nitrogens with two attached hydrogens (primary N) is 1. The summed E-state index contributed by atoms with van der Waals surface area (Å²) in [6, 6.07) is 0. The van der Waals surface area contributed by atoms with Gasteiger partial charge in [-0.15, -0.1) is 0 Å². The molecule has 0 atom stereocenters. The predicted molar refractivity (Wildman–Crippen MR) is 71.5 cm³/mol. The molecular weight excluding hydrogens is 486 g/mol. The Hall–Kier alpha value is 0.850. The molecule has 0 bridgehead atoms. The molecule has 0 aliphatic rings. The van der Waals surface area contributed by atoms with Gasteiger partial charge in [-0.1, -0.05) is 0 Å². The average Bonchev–Trinajstić information content (AvgIpc) is 2.09. The van der Waals surface area contributed by atoms with E-state index < -0.39 is 10.1 Å². The Bertz CT molecular complexity index is 499. The van der Waals surface area contributed by atoms with E-state index in [2.05, 4.69) is 63.7 Å². The van der Waals surface area contributed by atoms with Crippen LogP contribution in [0.4, 0.5) is 5.69 Å². The van der Waals surface area contributed by atoms with E-state index in [1.807, 2.05) is 0 Å². The lowest BCUT2D eigenvalue weighted by molar-refractivity contribution is 0.482. The van der Waals surface area contributed by atoms with Crippen LogP contribution < -0.4 is 5.73 Å². The summed E-state index contributed by atoms with van der Waals surface area (Å²) in [6.07, 6.45) is 0. The third-order valence-corrected chi connectivity index (χ3v) is 7.26. The van der Waals surface area contributed by atoms with Gasteiger partial charge in [-0.05, 0) is 63.7 Å². The highest BCUT2D eigenvalue weighted by Gasteiger charge is 2.25. The predicted octanol–water partition coefficient (Wildman–Crippen LogP) is 3.57. The van der Waals surface area contributed by atoms with Crippen molar-refractivity contribution in [3.63, 3.8) is 0 Å². The van der Waals surface area contributed by atoms with E-state index in [1.165, 1.54) is 0 Å². The van der Waals surface area contributed by atoms with E-state index in [0.717, 1.165) is 0 Å². The second-order valence-electron chi connectivity index (χ2n) is 2.47. The van der Waals surface area contributed by atoms with Crippen molar-refractivity contribution in [2.45, 2.75) is 4.90 Å². The van der Waals surface area contributed by atoms with Gasteiger partial charge in [0.25, 0.3) is 10.1 Å². The van der Waals surface area contributed by atoms with Crippen LogP contribution in [0.2, 0.25) is 0 Å². The highest BCUT2D eigenvalue weighted by Crippen LogP contribution is 2.45. The van der Waals surface area contributed by atoms with Crippen LogP contribution in [0.3, 0.4) is 0 Å². The third-order valence-electron chi connectivity index (χ3n) is 1.52. The topological polar surface area (TPSA) is 80.4 Å². The monoisotopic (exact) mass is 485 g/mol. The van der Waals surface area contributed by atoms with Gasteiger partial charge in [-0.25, -0.2) is 0 Å². The molecule has 0 aromatic heterocycles. The molecule has 0 amide bonds. The summed E-state index contributed by atoms with van der Waals surface area (Å²) in [6.45, 7) is 0. The van der Waals surface area contributed by atoms with Crippen LogP contribution in [0.15, 0.2) is 22.8 Å². The molecule has 0 saturated carbocycles. The average molecular weight is 489 g/mol. The van der Waals surface area contributed by atoms with E-state index >= 15 is 0 Å². The molecule has 0 radical (unpaired) electrons. The van der Waals surface area contributed by atoms with Gasteiger partial charge >= 0.3 is 0 Å². The SMILES string of the molecule is Nc1c(Br)c(Br)c(S(=O)(=O)O)c(Br)c1Br. The standard InChI is InChI=1S/C6H3Br4NO3S/c7-1-3(9)6(15(12,13)14)4(10)2(8)5(1)11/h11H2,(H,12,13,14). The molecule has 0 heterocycles. The van der Waals surface area contributed by atoms with Gasteiger partial charge in [-0.2, -0.15) is 8.42 Å². The van der Waals surface area contributed by atoms with Gasteiger partial charge in [0.2, 0.25) is 0 Å². The van der Waals surface area contributed by atoms with Gasteiger partial charge in [0.15, 0.2) is 0 Å². The maximum atomic E-state index is 11.1. The Balaban J connectivity index is 3.84. The van der Waals surface area contributed by atoms with Gasteiger partial charge in [0.1, 0.15) is 4.90 Å². The largest absolute Gasteiger partial charge is 0.397 e. The molecule has 4 nitrogen and oxygen atoms in total. The van der Waals surface area contributed by atoms with E-state index in [0.29, 0.717) is 14.6 Å². The smallest absolute Gasteiger partial charge is 0.296 e. The first-order valence-electron chi connectivity index (χ1n) is 3.26. The van der Waals surface area contributed by atoms with Gasteiger partial charge in [0.05, 0.1) is 23.6 Å². The van der Waals surface area contributed by atoms with Crippen molar-refractivity contribution >= 4 is 79.5 Å². The molecule has 0 aliphatic carbocycles. The van der Waals surface area contributed by atoms with Crippen molar-refractivity contribution in [2.24, 2.45) is 0 Å². The molecular formula is C6H3Br4NO3S. The van der Waals surface area contributed by atoms with Crippen molar-refractivity contribution in [1.29, 1.82) is 0 Å². The normalized spacial score (nSPS) is 11.8. The fourth-order valence-corrected chi connectivity index (χ4v) is 5.15. The molecule has 9 heteroatoms. The molecule has 84 valence electrons. The van der Waals surface area contributed by atoms with Crippen molar-refractivity contribution in [3.05, 3.63) is 17.9 Å². The lowest BCUT2D eigenvalue weighted by atomic mass is 10.3. The summed E-state index contributed by atoms with van der Waals surface area (Å²) in [5.41, 5.74) is 5.99. The Labute approximate surface area is 120 Å². The molecule has 0 fully saturated rings. The molecule has 15 heavy (non-hydrogen) atoms. The Kier molecular flexibility index (Phi) is 4.28. The summed E-state index contributed by atoms with van der Waals surface area (Å²) >= 11 is 12.3. The van der Waals surface area contributed by atoms with Crippen LogP contribution >= 0.6 is 63.7 Å². The number of halogens is 4. The summed E-state index contributed by atoms with van der Waals surface area (Å²) in [7, 11) is -4.34. The van der Waals surface area contributed by atoms with Crippen LogP contribution in [0.25, 0.3) is 0 Å². The van der Waals surface area contributed by atoms with E-state index in [-0.39, 0.29) is 13.8 Å². The maximum Gasteiger partial charge on any atom is 0.296 e. The molecule has 1 aromatic carbocycles. The quantitative estimate of drug-likeness (QED) is 0.360. The fraction of sp³-hybridized carbons (Fsp3) is 0. The number of nitrogen functional groups attached to an aromatic ring is 1. The van der Waals surface area contributed by atoms with Crippen molar-refractivity contribution in [3.8, 4) is 0 Å². The zero-order valence-corrected chi connectivity index (χ0v) is 13.9.